The first kappa shape index (κ1) is 16.1. The van der Waals surface area contributed by atoms with Crippen molar-refractivity contribution in [2.24, 2.45) is 0 Å². The minimum atomic E-state index is -5.38. The molecule has 0 spiro atoms. The van der Waals surface area contributed by atoms with Crippen LogP contribution in [0.3, 0.4) is 0 Å². The Hall–Kier alpha value is -0.880. The van der Waals surface area contributed by atoms with Crippen LogP contribution in [-0.2, 0) is 4.79 Å². The first-order valence-corrected chi connectivity index (χ1v) is 5.31. The van der Waals surface area contributed by atoms with Gasteiger partial charge in [-0.05, 0) is 6.42 Å². The number of rotatable bonds is 8. The molecule has 0 rings (SSSR count). The normalized spacial score (nSPS) is 14.7. The van der Waals surface area contributed by atoms with Crippen LogP contribution >= 0.6 is 0 Å². The molecule has 0 aromatic carbocycles. The zero-order valence-corrected chi connectivity index (χ0v) is 9.36. The van der Waals surface area contributed by atoms with Gasteiger partial charge in [-0.2, -0.15) is 17.6 Å². The standard InChI is InChI=1S/C10H15F5O2/c1-2-3-4-5-6-7(11)9(12,13)10(14,15)8(16)17/h7H,2-6H2,1H3,(H,16,17). The molecule has 0 aliphatic rings. The van der Waals surface area contributed by atoms with Crippen LogP contribution in [0.15, 0.2) is 0 Å². The third-order valence-electron chi connectivity index (χ3n) is 2.39. The number of hydrogen-bond donors (Lipinski definition) is 1. The van der Waals surface area contributed by atoms with E-state index in [0.29, 0.717) is 12.8 Å². The zero-order valence-electron chi connectivity index (χ0n) is 9.36. The summed E-state index contributed by atoms with van der Waals surface area (Å²) in [5.74, 6) is -13.6. The molecule has 0 aliphatic carbocycles. The van der Waals surface area contributed by atoms with Crippen LogP contribution in [0.2, 0.25) is 0 Å². The molecule has 0 aromatic rings. The highest BCUT2D eigenvalue weighted by Crippen LogP contribution is 2.40. The molecule has 0 saturated carbocycles. The van der Waals surface area contributed by atoms with Gasteiger partial charge < -0.3 is 5.11 Å². The molecule has 17 heavy (non-hydrogen) atoms. The molecule has 0 fully saturated rings. The molecule has 0 aliphatic heterocycles. The lowest BCUT2D eigenvalue weighted by atomic mass is 10.0. The fourth-order valence-corrected chi connectivity index (χ4v) is 1.27. The van der Waals surface area contributed by atoms with Crippen molar-refractivity contribution in [1.82, 2.24) is 0 Å². The van der Waals surface area contributed by atoms with E-state index >= 15 is 0 Å². The fraction of sp³-hybridized carbons (Fsp3) is 0.900. The Morgan fingerprint density at radius 3 is 2.12 bits per heavy atom. The summed E-state index contributed by atoms with van der Waals surface area (Å²) in [5.41, 5.74) is 0. The van der Waals surface area contributed by atoms with Gasteiger partial charge in [-0.15, -0.1) is 0 Å². The van der Waals surface area contributed by atoms with Crippen molar-refractivity contribution in [1.29, 1.82) is 0 Å². The first-order valence-electron chi connectivity index (χ1n) is 5.31. The van der Waals surface area contributed by atoms with Crippen molar-refractivity contribution in [2.45, 2.75) is 57.0 Å². The molecule has 7 heteroatoms. The van der Waals surface area contributed by atoms with Gasteiger partial charge in [0, 0.05) is 0 Å². The molecule has 0 aromatic heterocycles. The minimum Gasteiger partial charge on any atom is -0.477 e. The molecule has 0 amide bonds. The van der Waals surface area contributed by atoms with Crippen LogP contribution in [0.1, 0.15) is 39.0 Å². The topological polar surface area (TPSA) is 37.3 Å². The van der Waals surface area contributed by atoms with Crippen molar-refractivity contribution in [3.05, 3.63) is 0 Å². The smallest absolute Gasteiger partial charge is 0.407 e. The predicted molar refractivity (Wildman–Crippen MR) is 51.2 cm³/mol. The number of carboxylic acids is 1. The Morgan fingerprint density at radius 2 is 1.71 bits per heavy atom. The minimum absolute atomic E-state index is 0.0281. The van der Waals surface area contributed by atoms with Crippen molar-refractivity contribution >= 4 is 5.97 Å². The van der Waals surface area contributed by atoms with E-state index < -0.39 is 30.4 Å². The average Bonchev–Trinajstić information content (AvgIpc) is 2.23. The highest BCUT2D eigenvalue weighted by molar-refractivity contribution is 5.76. The summed E-state index contributed by atoms with van der Waals surface area (Å²) in [4.78, 5) is 9.95. The number of carbonyl (C=O) groups is 1. The number of hydrogen-bond acceptors (Lipinski definition) is 1. The summed E-state index contributed by atoms with van der Waals surface area (Å²) in [6.45, 7) is 1.85. The van der Waals surface area contributed by atoms with Crippen LogP contribution in [0, 0.1) is 0 Å². The van der Waals surface area contributed by atoms with Gasteiger partial charge in [0.05, 0.1) is 0 Å². The second kappa shape index (κ2) is 6.16. The van der Waals surface area contributed by atoms with E-state index in [9.17, 15) is 26.7 Å². The molecule has 0 saturated heterocycles. The second-order valence-corrected chi connectivity index (χ2v) is 3.82. The van der Waals surface area contributed by atoms with Gasteiger partial charge in [-0.25, -0.2) is 9.18 Å². The van der Waals surface area contributed by atoms with E-state index in [1.54, 1.807) is 0 Å². The number of aliphatic carboxylic acids is 1. The first-order chi connectivity index (χ1) is 7.67. The lowest BCUT2D eigenvalue weighted by Crippen LogP contribution is -2.52. The number of unbranched alkanes of at least 4 members (excludes halogenated alkanes) is 3. The molecule has 1 atom stereocenters. The average molecular weight is 262 g/mol. The molecule has 1 N–H and O–H groups in total. The summed E-state index contributed by atoms with van der Waals surface area (Å²) in [6.07, 6.45) is -1.96. The third-order valence-corrected chi connectivity index (χ3v) is 2.39. The largest absolute Gasteiger partial charge is 0.477 e. The SMILES string of the molecule is CCCCCCC(F)C(F)(F)C(F)(F)C(=O)O. The van der Waals surface area contributed by atoms with E-state index in [0.717, 1.165) is 6.42 Å². The van der Waals surface area contributed by atoms with E-state index in [1.165, 1.54) is 0 Å². The summed E-state index contributed by atoms with van der Waals surface area (Å²) in [7, 11) is 0. The monoisotopic (exact) mass is 262 g/mol. The Balaban J connectivity index is 4.44. The summed E-state index contributed by atoms with van der Waals surface area (Å²) in [6, 6.07) is 0. The van der Waals surface area contributed by atoms with Crippen molar-refractivity contribution in [3.63, 3.8) is 0 Å². The van der Waals surface area contributed by atoms with E-state index in [-0.39, 0.29) is 6.42 Å². The highest BCUT2D eigenvalue weighted by atomic mass is 19.3. The van der Waals surface area contributed by atoms with Crippen molar-refractivity contribution < 1.29 is 31.9 Å². The van der Waals surface area contributed by atoms with Gasteiger partial charge in [0.15, 0.2) is 6.17 Å². The Kier molecular flexibility index (Phi) is 5.84. The third kappa shape index (κ3) is 3.81. The van der Waals surface area contributed by atoms with Gasteiger partial charge >= 0.3 is 17.8 Å². The number of alkyl halides is 5. The lowest BCUT2D eigenvalue weighted by Gasteiger charge is -2.25. The van der Waals surface area contributed by atoms with Crippen LogP contribution in [0.5, 0.6) is 0 Å². The molecule has 2 nitrogen and oxygen atoms in total. The van der Waals surface area contributed by atoms with Crippen LogP contribution < -0.4 is 0 Å². The molecule has 0 bridgehead atoms. The molecular weight excluding hydrogens is 247 g/mol. The Morgan fingerprint density at radius 1 is 1.18 bits per heavy atom. The van der Waals surface area contributed by atoms with Gasteiger partial charge in [0.25, 0.3) is 0 Å². The highest BCUT2D eigenvalue weighted by Gasteiger charge is 2.66. The summed E-state index contributed by atoms with van der Waals surface area (Å²) in [5, 5.41) is 7.94. The molecule has 102 valence electrons. The number of halogens is 5. The van der Waals surface area contributed by atoms with Crippen LogP contribution in [0.25, 0.3) is 0 Å². The molecule has 0 heterocycles. The van der Waals surface area contributed by atoms with Crippen molar-refractivity contribution in [2.75, 3.05) is 0 Å². The molecule has 1 unspecified atom stereocenters. The van der Waals surface area contributed by atoms with Crippen LogP contribution in [-0.4, -0.2) is 29.1 Å². The molecule has 0 radical (unpaired) electrons. The Labute approximate surface area is 95.8 Å². The van der Waals surface area contributed by atoms with Gasteiger partial charge in [-0.3, -0.25) is 0 Å². The fourth-order valence-electron chi connectivity index (χ4n) is 1.27. The van der Waals surface area contributed by atoms with E-state index in [4.69, 9.17) is 5.11 Å². The number of carboxylic acid groups (broad SMARTS) is 1. The van der Waals surface area contributed by atoms with Gasteiger partial charge in [0.1, 0.15) is 0 Å². The van der Waals surface area contributed by atoms with Crippen molar-refractivity contribution in [3.8, 4) is 0 Å². The Bertz CT molecular complexity index is 255. The van der Waals surface area contributed by atoms with Crippen LogP contribution in [0.4, 0.5) is 22.0 Å². The summed E-state index contributed by atoms with van der Waals surface area (Å²) < 4.78 is 63.8. The maximum absolute atomic E-state index is 13.0. The molecular formula is C10H15F5O2. The van der Waals surface area contributed by atoms with E-state index in [1.807, 2.05) is 6.92 Å². The zero-order chi connectivity index (χ0) is 13.7. The predicted octanol–water partition coefficient (Wildman–Crippen LogP) is 3.65. The maximum Gasteiger partial charge on any atom is 0.407 e. The lowest BCUT2D eigenvalue weighted by molar-refractivity contribution is -0.244. The quantitative estimate of drug-likeness (QED) is 0.535. The second-order valence-electron chi connectivity index (χ2n) is 3.82. The maximum atomic E-state index is 13.0. The summed E-state index contributed by atoms with van der Waals surface area (Å²) >= 11 is 0. The van der Waals surface area contributed by atoms with Gasteiger partial charge in [-0.1, -0.05) is 32.6 Å². The van der Waals surface area contributed by atoms with Gasteiger partial charge in [0.2, 0.25) is 0 Å². The van der Waals surface area contributed by atoms with E-state index in [2.05, 4.69) is 0 Å².